The lowest BCUT2D eigenvalue weighted by atomic mass is 9.82. The molecule has 0 unspecified atom stereocenters. The lowest BCUT2D eigenvalue weighted by Crippen LogP contribution is -2.60. The van der Waals surface area contributed by atoms with Crippen LogP contribution in [-0.4, -0.2) is 84.3 Å². The van der Waals surface area contributed by atoms with Gasteiger partial charge in [0, 0.05) is 54.7 Å². The zero-order valence-electron chi connectivity index (χ0n) is 39.6. The number of carbonyl (C=O) groups is 3. The molecule has 9 rings (SSSR count). The Morgan fingerprint density at radius 2 is 1.53 bits per heavy atom. The molecule has 0 spiro atoms. The number of nitrogens with zero attached hydrogens (tertiary/aromatic N) is 3. The minimum atomic E-state index is -0.716. The zero-order valence-corrected chi connectivity index (χ0v) is 39.6. The number of nitrogens with one attached hydrogen (secondary N) is 2. The van der Waals surface area contributed by atoms with Gasteiger partial charge < -0.3 is 34.5 Å². The predicted molar refractivity (Wildman–Crippen MR) is 261 cm³/mol. The summed E-state index contributed by atoms with van der Waals surface area (Å²) in [5, 5.41) is 6.54. The van der Waals surface area contributed by atoms with E-state index in [4.69, 9.17) is 18.9 Å². The monoisotopic (exact) mass is 919 g/mol. The molecule has 356 valence electrons. The molecule has 12 heteroatoms. The maximum absolute atomic E-state index is 14.9. The highest BCUT2D eigenvalue weighted by Crippen LogP contribution is 2.39. The van der Waals surface area contributed by atoms with E-state index in [2.05, 4.69) is 57.0 Å². The summed E-state index contributed by atoms with van der Waals surface area (Å²) in [6.45, 7) is 6.44. The van der Waals surface area contributed by atoms with E-state index in [0.29, 0.717) is 64.1 Å². The minimum Gasteiger partial charge on any atom is -0.491 e. The van der Waals surface area contributed by atoms with Crippen molar-refractivity contribution in [1.82, 2.24) is 25.5 Å². The highest BCUT2D eigenvalue weighted by Gasteiger charge is 2.42. The number of pyridine rings is 2. The molecule has 1 saturated carbocycles. The van der Waals surface area contributed by atoms with E-state index in [1.807, 2.05) is 74.9 Å². The van der Waals surface area contributed by atoms with Crippen molar-refractivity contribution in [3.05, 3.63) is 131 Å². The number of carbonyl (C=O) groups excluding carboxylic acids is 3. The number of ether oxygens (including phenoxy) is 4. The Morgan fingerprint density at radius 3 is 2.34 bits per heavy atom. The summed E-state index contributed by atoms with van der Waals surface area (Å²) in [7, 11) is 0. The summed E-state index contributed by atoms with van der Waals surface area (Å²) in [4.78, 5) is 53.4. The van der Waals surface area contributed by atoms with Crippen molar-refractivity contribution in [3.8, 4) is 33.9 Å². The summed E-state index contributed by atoms with van der Waals surface area (Å²) in [5.41, 5.74) is 11.6. The van der Waals surface area contributed by atoms with Crippen LogP contribution in [0.4, 0.5) is 0 Å². The van der Waals surface area contributed by atoms with Crippen LogP contribution in [0.15, 0.2) is 97.5 Å². The number of benzene rings is 3. The van der Waals surface area contributed by atoms with E-state index in [0.717, 1.165) is 85.6 Å². The third-order valence-corrected chi connectivity index (χ3v) is 14.4. The van der Waals surface area contributed by atoms with Crippen LogP contribution in [0.1, 0.15) is 105 Å². The molecule has 2 aromatic heterocycles. The molecule has 68 heavy (non-hydrogen) atoms. The van der Waals surface area contributed by atoms with E-state index < -0.39 is 12.1 Å². The Balaban J connectivity index is 0.751. The second kappa shape index (κ2) is 22.3. The summed E-state index contributed by atoms with van der Waals surface area (Å²) in [6.07, 6.45) is 15.4. The van der Waals surface area contributed by atoms with Gasteiger partial charge in [-0.3, -0.25) is 19.4 Å². The molecule has 1 fully saturated rings. The van der Waals surface area contributed by atoms with Crippen LogP contribution in [0.2, 0.25) is 0 Å². The van der Waals surface area contributed by atoms with Crippen LogP contribution >= 0.6 is 0 Å². The summed E-state index contributed by atoms with van der Waals surface area (Å²) < 4.78 is 23.5. The van der Waals surface area contributed by atoms with E-state index in [1.165, 1.54) is 27.8 Å². The number of hydrogen-bond acceptors (Lipinski definition) is 9. The van der Waals surface area contributed by atoms with Crippen molar-refractivity contribution >= 4 is 17.7 Å². The molecular weight excluding hydrogens is 855 g/mol. The molecule has 2 N–H and O–H groups in total. The van der Waals surface area contributed by atoms with Crippen molar-refractivity contribution in [2.45, 2.75) is 109 Å². The molecule has 3 heterocycles. The predicted octanol–water partition coefficient (Wildman–Crippen LogP) is 8.76. The molecule has 4 atom stereocenters. The Labute approximate surface area is 400 Å². The second-order valence-corrected chi connectivity index (χ2v) is 18.9. The van der Waals surface area contributed by atoms with Crippen LogP contribution in [0.3, 0.4) is 0 Å². The lowest BCUT2D eigenvalue weighted by Gasteiger charge is -2.41. The van der Waals surface area contributed by atoms with Crippen molar-refractivity contribution in [2.75, 3.05) is 39.6 Å². The largest absolute Gasteiger partial charge is 0.491 e. The van der Waals surface area contributed by atoms with Gasteiger partial charge in [-0.1, -0.05) is 81.6 Å². The molecule has 4 aliphatic rings. The summed E-state index contributed by atoms with van der Waals surface area (Å²) >= 11 is 0. The molecule has 3 aliphatic carbocycles. The normalized spacial score (nSPS) is 18.3. The van der Waals surface area contributed by atoms with Gasteiger partial charge in [0.05, 0.1) is 32.5 Å². The Bertz CT molecular complexity index is 2540. The lowest BCUT2D eigenvalue weighted by molar-refractivity contribution is -0.146. The third kappa shape index (κ3) is 11.1. The fourth-order valence-corrected chi connectivity index (χ4v) is 10.4. The average molecular weight is 920 g/mol. The number of aromatic nitrogens is 2. The number of hydrogen-bond donors (Lipinski definition) is 2. The quantitative estimate of drug-likeness (QED) is 0.0764. The number of rotatable bonds is 19. The van der Waals surface area contributed by atoms with Gasteiger partial charge in [0.15, 0.2) is 0 Å². The highest BCUT2D eigenvalue weighted by atomic mass is 16.6. The first-order valence-corrected chi connectivity index (χ1v) is 24.9. The fourth-order valence-electron chi connectivity index (χ4n) is 10.4. The molecule has 0 radical (unpaired) electrons. The van der Waals surface area contributed by atoms with Crippen LogP contribution < -0.4 is 20.1 Å². The molecule has 5 aromatic rings. The smallest absolute Gasteiger partial charge is 0.246 e. The van der Waals surface area contributed by atoms with Gasteiger partial charge in [-0.2, -0.15) is 0 Å². The molecule has 0 bridgehead atoms. The van der Waals surface area contributed by atoms with Gasteiger partial charge in [0.2, 0.25) is 23.6 Å². The minimum absolute atomic E-state index is 0.0220. The summed E-state index contributed by atoms with van der Waals surface area (Å²) in [6, 6.07) is 25.3. The highest BCUT2D eigenvalue weighted by molar-refractivity contribution is 5.93. The SMILES string of the molecule is CC[C@@H](C)C(=O)N[C@H](C(=O)N1Cc2cc(OCCOCCOCCOc3ccc(-c4ccc5c(c4)Cc4ccncc4-5)cn3)ccc2C[C@H]1C(=O)N[C@H]1CCCc2ccccc21)C1CCCCC1. The van der Waals surface area contributed by atoms with Crippen molar-refractivity contribution in [1.29, 1.82) is 0 Å². The molecular formula is C56H65N5O7. The second-order valence-electron chi connectivity index (χ2n) is 18.9. The van der Waals surface area contributed by atoms with E-state index in [-0.39, 0.29) is 42.1 Å². The zero-order chi connectivity index (χ0) is 46.8. The molecule has 12 nitrogen and oxygen atoms in total. The number of fused-ring (bicyclic) bond motifs is 5. The van der Waals surface area contributed by atoms with Crippen LogP contribution in [0, 0.1) is 11.8 Å². The Kier molecular flexibility index (Phi) is 15.4. The van der Waals surface area contributed by atoms with Crippen molar-refractivity contribution < 1.29 is 33.3 Å². The average Bonchev–Trinajstić information content (AvgIpc) is 3.76. The molecule has 1 aliphatic heterocycles. The van der Waals surface area contributed by atoms with Crippen LogP contribution in [-0.2, 0) is 49.7 Å². The maximum atomic E-state index is 14.9. The van der Waals surface area contributed by atoms with E-state index in [9.17, 15) is 14.4 Å². The third-order valence-electron chi connectivity index (χ3n) is 14.4. The van der Waals surface area contributed by atoms with Crippen LogP contribution in [0.25, 0.3) is 22.3 Å². The topological polar surface area (TPSA) is 141 Å². The van der Waals surface area contributed by atoms with Gasteiger partial charge in [0.1, 0.15) is 31.0 Å². The first-order valence-electron chi connectivity index (χ1n) is 24.9. The molecule has 3 amide bonds. The van der Waals surface area contributed by atoms with Gasteiger partial charge in [-0.15, -0.1) is 0 Å². The maximum Gasteiger partial charge on any atom is 0.246 e. The number of amides is 3. The van der Waals surface area contributed by atoms with Crippen molar-refractivity contribution in [2.24, 2.45) is 11.8 Å². The van der Waals surface area contributed by atoms with Gasteiger partial charge >= 0.3 is 0 Å². The molecule has 3 aromatic carbocycles. The summed E-state index contributed by atoms with van der Waals surface area (Å²) in [5.74, 6) is 0.570. The number of aryl methyl sites for hydroxylation is 1. The van der Waals surface area contributed by atoms with Crippen molar-refractivity contribution in [3.63, 3.8) is 0 Å². The standard InChI is InChI=1S/C56H65N5O7/c1-3-37(2)54(62)60-53(39-11-5-4-6-12-39)56(64)61-36-45-32-46(19-16-41(45)33-51(61)55(63)59-50-15-9-13-38-10-7-8-14-48(38)50)67-28-26-65-24-25-66-27-29-68-52-21-18-43(34-58-52)40-17-20-47-44(30-40)31-42-22-23-57-35-49(42)47/h7-8,10,14,16-23,30,32,34-35,37,39,50-51,53H,3-6,9,11-13,15,24-29,31,33,36H2,1-2H3,(H,59,63)(H,60,62)/t37-,50+,51+,53+/m1/s1. The van der Waals surface area contributed by atoms with Gasteiger partial charge in [-0.25, -0.2) is 4.98 Å². The van der Waals surface area contributed by atoms with E-state index >= 15 is 0 Å². The first-order chi connectivity index (χ1) is 33.3. The first kappa shape index (κ1) is 47.0. The van der Waals surface area contributed by atoms with Gasteiger partial charge in [-0.05, 0) is 120 Å². The van der Waals surface area contributed by atoms with E-state index in [1.54, 1.807) is 4.90 Å². The Hall–Kier alpha value is -6.11. The Morgan fingerprint density at radius 1 is 0.735 bits per heavy atom. The fraction of sp³-hybridized carbons (Fsp3) is 0.446. The van der Waals surface area contributed by atoms with Gasteiger partial charge in [0.25, 0.3) is 0 Å². The molecule has 0 saturated heterocycles. The van der Waals surface area contributed by atoms with Crippen LogP contribution in [0.5, 0.6) is 11.6 Å².